The average molecular weight is 344 g/mol. The van der Waals surface area contributed by atoms with Crippen molar-refractivity contribution in [1.82, 2.24) is 20.2 Å². The molecule has 0 unspecified atom stereocenters. The molecule has 1 heterocycles. The standard InChI is InChI=1S/C16H14F2N6O/c1-10-2-4-12(24-9-20-22-23-24)7-14(10)19-8-16(25)21-15-6-11(17)3-5-13(15)18/h2-7,9,19H,8H2,1H3,(H,21,25). The first-order valence-electron chi connectivity index (χ1n) is 7.36. The SMILES string of the molecule is Cc1ccc(-n2cnnn2)cc1NCC(=O)Nc1cc(F)ccc1F. The van der Waals surface area contributed by atoms with E-state index in [9.17, 15) is 13.6 Å². The summed E-state index contributed by atoms with van der Waals surface area (Å²) in [5.41, 5.74) is 2.12. The lowest BCUT2D eigenvalue weighted by atomic mass is 10.2. The Morgan fingerprint density at radius 2 is 2.00 bits per heavy atom. The predicted octanol–water partition coefficient (Wildman–Crippen LogP) is 2.30. The molecule has 0 radical (unpaired) electrons. The highest BCUT2D eigenvalue weighted by Gasteiger charge is 2.09. The Morgan fingerprint density at radius 1 is 1.16 bits per heavy atom. The van der Waals surface area contributed by atoms with E-state index in [0.29, 0.717) is 5.69 Å². The number of benzene rings is 2. The molecule has 0 saturated heterocycles. The first-order valence-corrected chi connectivity index (χ1v) is 7.36. The summed E-state index contributed by atoms with van der Waals surface area (Å²) in [5.74, 6) is -1.84. The predicted molar refractivity (Wildman–Crippen MR) is 87.4 cm³/mol. The second-order valence-electron chi connectivity index (χ2n) is 5.28. The summed E-state index contributed by atoms with van der Waals surface area (Å²) in [4.78, 5) is 12.0. The maximum Gasteiger partial charge on any atom is 0.243 e. The number of aryl methyl sites for hydroxylation is 1. The molecule has 0 saturated carbocycles. The van der Waals surface area contributed by atoms with Crippen molar-refractivity contribution < 1.29 is 13.6 Å². The molecule has 0 aliphatic rings. The van der Waals surface area contributed by atoms with Crippen LogP contribution in [0, 0.1) is 18.6 Å². The topological polar surface area (TPSA) is 84.7 Å². The molecule has 1 amide bonds. The van der Waals surface area contributed by atoms with Crippen LogP contribution in [0.3, 0.4) is 0 Å². The van der Waals surface area contributed by atoms with E-state index in [4.69, 9.17) is 0 Å². The van der Waals surface area contributed by atoms with Gasteiger partial charge in [0.15, 0.2) is 0 Å². The Hall–Kier alpha value is -3.36. The van der Waals surface area contributed by atoms with Crippen molar-refractivity contribution >= 4 is 17.3 Å². The van der Waals surface area contributed by atoms with Crippen molar-refractivity contribution in [3.63, 3.8) is 0 Å². The lowest BCUT2D eigenvalue weighted by Gasteiger charge is -2.12. The minimum absolute atomic E-state index is 0.115. The van der Waals surface area contributed by atoms with Gasteiger partial charge in [0, 0.05) is 11.8 Å². The van der Waals surface area contributed by atoms with Crippen LogP contribution in [0.25, 0.3) is 5.69 Å². The number of hydrogen-bond donors (Lipinski definition) is 2. The van der Waals surface area contributed by atoms with Gasteiger partial charge < -0.3 is 10.6 Å². The minimum atomic E-state index is -0.702. The van der Waals surface area contributed by atoms with Crippen molar-refractivity contribution in [2.24, 2.45) is 0 Å². The van der Waals surface area contributed by atoms with Gasteiger partial charge in [-0.2, -0.15) is 0 Å². The Balaban J connectivity index is 1.68. The first-order chi connectivity index (χ1) is 12.0. The fraction of sp³-hybridized carbons (Fsp3) is 0.125. The lowest BCUT2D eigenvalue weighted by molar-refractivity contribution is -0.114. The zero-order valence-electron chi connectivity index (χ0n) is 13.2. The van der Waals surface area contributed by atoms with E-state index in [-0.39, 0.29) is 12.2 Å². The molecule has 3 rings (SSSR count). The summed E-state index contributed by atoms with van der Waals surface area (Å²) >= 11 is 0. The van der Waals surface area contributed by atoms with Crippen molar-refractivity contribution in [2.45, 2.75) is 6.92 Å². The second-order valence-corrected chi connectivity index (χ2v) is 5.28. The number of carbonyl (C=O) groups is 1. The zero-order chi connectivity index (χ0) is 17.8. The molecule has 0 aliphatic carbocycles. The Kier molecular flexibility index (Phi) is 4.64. The molecule has 25 heavy (non-hydrogen) atoms. The summed E-state index contributed by atoms with van der Waals surface area (Å²) in [6, 6.07) is 8.33. The maximum absolute atomic E-state index is 13.5. The van der Waals surface area contributed by atoms with Gasteiger partial charge in [-0.3, -0.25) is 4.79 Å². The lowest BCUT2D eigenvalue weighted by Crippen LogP contribution is -2.22. The van der Waals surface area contributed by atoms with Gasteiger partial charge in [0.2, 0.25) is 5.91 Å². The van der Waals surface area contributed by atoms with Crippen LogP contribution in [0.4, 0.5) is 20.2 Å². The molecule has 0 spiro atoms. The summed E-state index contributed by atoms with van der Waals surface area (Å²) in [7, 11) is 0. The Labute approximate surface area is 141 Å². The number of amides is 1. The van der Waals surface area contributed by atoms with Gasteiger partial charge >= 0.3 is 0 Å². The summed E-state index contributed by atoms with van der Waals surface area (Å²) in [6.45, 7) is 1.76. The monoisotopic (exact) mass is 344 g/mol. The molecule has 0 aliphatic heterocycles. The molecule has 1 aromatic heterocycles. The third-order valence-electron chi connectivity index (χ3n) is 3.48. The fourth-order valence-electron chi connectivity index (χ4n) is 2.19. The van der Waals surface area contributed by atoms with Crippen LogP contribution < -0.4 is 10.6 Å². The highest BCUT2D eigenvalue weighted by atomic mass is 19.1. The molecular weight excluding hydrogens is 330 g/mol. The molecule has 128 valence electrons. The highest BCUT2D eigenvalue weighted by molar-refractivity contribution is 5.94. The summed E-state index contributed by atoms with van der Waals surface area (Å²) in [5, 5.41) is 16.2. The molecular formula is C16H14F2N6O. The van der Waals surface area contributed by atoms with Crippen LogP contribution in [-0.4, -0.2) is 32.7 Å². The number of halogens is 2. The molecule has 2 N–H and O–H groups in total. The normalized spacial score (nSPS) is 10.5. The largest absolute Gasteiger partial charge is 0.376 e. The number of rotatable bonds is 5. The van der Waals surface area contributed by atoms with Gasteiger partial charge in [-0.1, -0.05) is 6.07 Å². The number of nitrogens with zero attached hydrogens (tertiary/aromatic N) is 4. The fourth-order valence-corrected chi connectivity index (χ4v) is 2.19. The number of aromatic nitrogens is 4. The van der Waals surface area contributed by atoms with Gasteiger partial charge in [-0.15, -0.1) is 5.10 Å². The Bertz CT molecular complexity index is 898. The van der Waals surface area contributed by atoms with Gasteiger partial charge in [-0.25, -0.2) is 13.5 Å². The van der Waals surface area contributed by atoms with Crippen LogP contribution in [0.1, 0.15) is 5.56 Å². The molecule has 0 fully saturated rings. The summed E-state index contributed by atoms with van der Waals surface area (Å²) in [6.07, 6.45) is 1.45. The van der Waals surface area contributed by atoms with Crippen LogP contribution >= 0.6 is 0 Å². The van der Waals surface area contributed by atoms with E-state index >= 15 is 0 Å². The number of nitrogens with one attached hydrogen (secondary N) is 2. The van der Waals surface area contributed by atoms with Crippen molar-refractivity contribution in [3.05, 3.63) is 59.9 Å². The van der Waals surface area contributed by atoms with Crippen LogP contribution in [0.15, 0.2) is 42.7 Å². The van der Waals surface area contributed by atoms with Crippen molar-refractivity contribution in [1.29, 1.82) is 0 Å². The quantitative estimate of drug-likeness (QED) is 0.742. The molecule has 2 aromatic carbocycles. The summed E-state index contributed by atoms with van der Waals surface area (Å²) < 4.78 is 28.2. The maximum atomic E-state index is 13.5. The van der Waals surface area contributed by atoms with Gasteiger partial charge in [-0.05, 0) is 47.2 Å². The average Bonchev–Trinajstić information content (AvgIpc) is 3.12. The van der Waals surface area contributed by atoms with Gasteiger partial charge in [0.1, 0.15) is 18.0 Å². The third kappa shape index (κ3) is 3.94. The van der Waals surface area contributed by atoms with E-state index in [1.165, 1.54) is 11.0 Å². The Morgan fingerprint density at radius 3 is 2.76 bits per heavy atom. The van der Waals surface area contributed by atoms with Gasteiger partial charge in [0.05, 0.1) is 17.9 Å². The van der Waals surface area contributed by atoms with Gasteiger partial charge in [0.25, 0.3) is 0 Å². The van der Waals surface area contributed by atoms with Crippen molar-refractivity contribution in [2.75, 3.05) is 17.2 Å². The van der Waals surface area contributed by atoms with E-state index in [0.717, 1.165) is 29.4 Å². The number of anilines is 2. The molecule has 3 aromatic rings. The zero-order valence-corrected chi connectivity index (χ0v) is 13.2. The van der Waals surface area contributed by atoms with E-state index in [1.54, 1.807) is 6.07 Å². The van der Waals surface area contributed by atoms with Crippen LogP contribution in [0.5, 0.6) is 0 Å². The highest BCUT2D eigenvalue weighted by Crippen LogP contribution is 2.19. The molecule has 7 nitrogen and oxygen atoms in total. The van der Waals surface area contributed by atoms with Crippen LogP contribution in [0.2, 0.25) is 0 Å². The third-order valence-corrected chi connectivity index (χ3v) is 3.48. The number of hydrogen-bond acceptors (Lipinski definition) is 5. The van der Waals surface area contributed by atoms with Crippen LogP contribution in [-0.2, 0) is 4.79 Å². The van der Waals surface area contributed by atoms with E-state index in [2.05, 4.69) is 26.2 Å². The first kappa shape index (κ1) is 16.5. The second kappa shape index (κ2) is 7.04. The molecule has 0 bridgehead atoms. The molecule has 0 atom stereocenters. The smallest absolute Gasteiger partial charge is 0.243 e. The molecule has 9 heteroatoms. The minimum Gasteiger partial charge on any atom is -0.376 e. The van der Waals surface area contributed by atoms with E-state index < -0.39 is 17.5 Å². The van der Waals surface area contributed by atoms with Crippen molar-refractivity contribution in [3.8, 4) is 5.69 Å². The van der Waals surface area contributed by atoms with E-state index in [1.807, 2.05) is 19.1 Å². The number of carbonyl (C=O) groups excluding carboxylic acids is 1. The number of tetrazole rings is 1.